The number of amides is 1. The minimum absolute atomic E-state index is 0.0597. The van der Waals surface area contributed by atoms with Crippen molar-refractivity contribution in [2.24, 2.45) is 0 Å². The summed E-state index contributed by atoms with van der Waals surface area (Å²) in [6.07, 6.45) is 0. The summed E-state index contributed by atoms with van der Waals surface area (Å²) in [5, 5.41) is 3.92. The Bertz CT molecular complexity index is 1020. The van der Waals surface area contributed by atoms with Crippen LogP contribution in [0.3, 0.4) is 0 Å². The number of methoxy groups -OCH3 is 1. The number of aryl methyl sites for hydroxylation is 2. The van der Waals surface area contributed by atoms with E-state index in [2.05, 4.69) is 5.32 Å². The Balaban J connectivity index is 1.66. The molecule has 1 amide bonds. The molecule has 6 nitrogen and oxygen atoms in total. The van der Waals surface area contributed by atoms with Crippen molar-refractivity contribution in [3.63, 3.8) is 0 Å². The van der Waals surface area contributed by atoms with Gasteiger partial charge in [-0.1, -0.05) is 17.7 Å². The Morgan fingerprint density at radius 3 is 2.63 bits per heavy atom. The van der Waals surface area contributed by atoms with E-state index < -0.39 is 18.5 Å². The maximum Gasteiger partial charge on any atom is 0.375 e. The van der Waals surface area contributed by atoms with E-state index in [-0.39, 0.29) is 5.76 Å². The molecule has 0 aliphatic rings. The average molecular weight is 388 g/mol. The molecule has 3 rings (SSSR count). The summed E-state index contributed by atoms with van der Waals surface area (Å²) in [6.45, 7) is 3.17. The van der Waals surface area contributed by atoms with E-state index in [4.69, 9.17) is 25.5 Å². The van der Waals surface area contributed by atoms with E-state index in [1.54, 1.807) is 50.4 Å². The molecule has 1 heterocycles. The summed E-state index contributed by atoms with van der Waals surface area (Å²) in [5.41, 5.74) is 2.59. The molecule has 1 aromatic heterocycles. The van der Waals surface area contributed by atoms with Crippen LogP contribution in [0.5, 0.6) is 5.75 Å². The monoisotopic (exact) mass is 387 g/mol. The van der Waals surface area contributed by atoms with Gasteiger partial charge >= 0.3 is 5.97 Å². The summed E-state index contributed by atoms with van der Waals surface area (Å²) in [5.74, 6) is -0.467. The highest BCUT2D eigenvalue weighted by Crippen LogP contribution is 2.29. The Labute approximate surface area is 161 Å². The van der Waals surface area contributed by atoms with Gasteiger partial charge in [0.15, 0.2) is 6.61 Å². The number of benzene rings is 2. The van der Waals surface area contributed by atoms with E-state index in [0.29, 0.717) is 27.6 Å². The first kappa shape index (κ1) is 18.8. The zero-order valence-electron chi connectivity index (χ0n) is 15.1. The first-order valence-corrected chi connectivity index (χ1v) is 8.57. The Morgan fingerprint density at radius 2 is 1.93 bits per heavy atom. The Morgan fingerprint density at radius 1 is 1.15 bits per heavy atom. The van der Waals surface area contributed by atoms with Gasteiger partial charge in [-0.25, -0.2) is 4.79 Å². The average Bonchev–Trinajstić information content (AvgIpc) is 2.99. The van der Waals surface area contributed by atoms with Gasteiger partial charge in [-0.3, -0.25) is 4.79 Å². The van der Waals surface area contributed by atoms with Crippen LogP contribution in [0.15, 0.2) is 40.8 Å². The summed E-state index contributed by atoms with van der Waals surface area (Å²) in [7, 11) is 1.56. The summed E-state index contributed by atoms with van der Waals surface area (Å²) < 4.78 is 15.8. The molecule has 1 N–H and O–H groups in total. The maximum absolute atomic E-state index is 12.3. The zero-order valence-corrected chi connectivity index (χ0v) is 15.8. The second kappa shape index (κ2) is 7.72. The van der Waals surface area contributed by atoms with Crippen LogP contribution >= 0.6 is 11.6 Å². The van der Waals surface area contributed by atoms with Crippen molar-refractivity contribution in [3.8, 4) is 5.75 Å². The lowest BCUT2D eigenvalue weighted by Crippen LogP contribution is -2.21. The molecule has 0 unspecified atom stereocenters. The smallest absolute Gasteiger partial charge is 0.375 e. The van der Waals surface area contributed by atoms with Crippen molar-refractivity contribution in [3.05, 3.63) is 58.3 Å². The summed E-state index contributed by atoms with van der Waals surface area (Å²) in [6, 6.07) is 10.4. The van der Waals surface area contributed by atoms with Crippen LogP contribution < -0.4 is 10.1 Å². The highest BCUT2D eigenvalue weighted by Gasteiger charge is 2.20. The van der Waals surface area contributed by atoms with Crippen molar-refractivity contribution in [2.45, 2.75) is 13.8 Å². The number of hydrogen-bond acceptors (Lipinski definition) is 5. The second-order valence-electron chi connectivity index (χ2n) is 6.01. The fourth-order valence-electron chi connectivity index (χ4n) is 2.59. The van der Waals surface area contributed by atoms with Crippen LogP contribution in [0.25, 0.3) is 11.0 Å². The number of furan rings is 1. The highest BCUT2D eigenvalue weighted by molar-refractivity contribution is 6.31. The van der Waals surface area contributed by atoms with Crippen LogP contribution in [0.4, 0.5) is 5.69 Å². The lowest BCUT2D eigenvalue weighted by Gasteiger charge is -2.07. The fraction of sp³-hybridized carbons (Fsp3) is 0.200. The number of carbonyl (C=O) groups excluding carboxylic acids is 2. The first-order chi connectivity index (χ1) is 12.9. The van der Waals surface area contributed by atoms with Gasteiger partial charge in [0.2, 0.25) is 5.76 Å². The molecule has 140 valence electrons. The third-order valence-corrected chi connectivity index (χ3v) is 4.53. The molecule has 27 heavy (non-hydrogen) atoms. The lowest BCUT2D eigenvalue weighted by atomic mass is 10.1. The maximum atomic E-state index is 12.3. The molecule has 2 aromatic carbocycles. The molecule has 0 bridgehead atoms. The predicted octanol–water partition coefficient (Wildman–Crippen LogP) is 4.51. The molecule has 0 atom stereocenters. The number of hydrogen-bond donors (Lipinski definition) is 1. The molecule has 0 fully saturated rings. The molecular formula is C20H18ClNO5. The van der Waals surface area contributed by atoms with E-state index in [1.807, 2.05) is 6.92 Å². The van der Waals surface area contributed by atoms with Gasteiger partial charge in [0.05, 0.1) is 7.11 Å². The summed E-state index contributed by atoms with van der Waals surface area (Å²) in [4.78, 5) is 24.3. The van der Waals surface area contributed by atoms with Gasteiger partial charge in [-0.05, 0) is 49.7 Å². The fourth-order valence-corrected chi connectivity index (χ4v) is 2.77. The van der Waals surface area contributed by atoms with E-state index in [9.17, 15) is 9.59 Å². The molecule has 0 radical (unpaired) electrons. The van der Waals surface area contributed by atoms with Gasteiger partial charge in [0, 0.05) is 21.7 Å². The van der Waals surface area contributed by atoms with Crippen LogP contribution in [-0.4, -0.2) is 25.6 Å². The number of rotatable bonds is 5. The molecule has 3 aromatic rings. The SMILES string of the molecule is COc1ccc2oc(C(=O)OCC(=O)Nc3ccc(C)c(Cl)c3)c(C)c2c1. The number of anilines is 1. The number of halogens is 1. The van der Waals surface area contributed by atoms with Crippen molar-refractivity contribution < 1.29 is 23.5 Å². The van der Waals surface area contributed by atoms with Crippen LogP contribution in [0.2, 0.25) is 5.02 Å². The second-order valence-corrected chi connectivity index (χ2v) is 6.41. The van der Waals surface area contributed by atoms with Gasteiger partial charge in [-0.2, -0.15) is 0 Å². The van der Waals surface area contributed by atoms with Crippen LogP contribution in [0.1, 0.15) is 21.7 Å². The molecule has 0 saturated carbocycles. The normalized spacial score (nSPS) is 10.7. The third-order valence-electron chi connectivity index (χ3n) is 4.12. The molecule has 0 aliphatic carbocycles. The molecule has 0 spiro atoms. The van der Waals surface area contributed by atoms with Crippen molar-refractivity contribution in [1.82, 2.24) is 0 Å². The molecular weight excluding hydrogens is 370 g/mol. The van der Waals surface area contributed by atoms with Crippen molar-refractivity contribution in [2.75, 3.05) is 19.0 Å². The van der Waals surface area contributed by atoms with Crippen LogP contribution in [-0.2, 0) is 9.53 Å². The number of nitrogens with one attached hydrogen (secondary N) is 1. The standard InChI is InChI=1S/C20H18ClNO5/c1-11-4-5-13(8-16(11)21)22-18(23)10-26-20(24)19-12(2)15-9-14(25-3)6-7-17(15)27-19/h4-9H,10H2,1-3H3,(H,22,23). The predicted molar refractivity (Wildman–Crippen MR) is 103 cm³/mol. The zero-order chi connectivity index (χ0) is 19.6. The van der Waals surface area contributed by atoms with E-state index in [0.717, 1.165) is 10.9 Å². The topological polar surface area (TPSA) is 77.8 Å². The minimum atomic E-state index is -0.709. The molecule has 7 heteroatoms. The number of esters is 1. The quantitative estimate of drug-likeness (QED) is 0.652. The molecule has 0 aliphatic heterocycles. The van der Waals surface area contributed by atoms with Crippen LogP contribution in [0, 0.1) is 13.8 Å². The molecule has 0 saturated heterocycles. The highest BCUT2D eigenvalue weighted by atomic mass is 35.5. The largest absolute Gasteiger partial charge is 0.497 e. The third kappa shape index (κ3) is 4.06. The van der Waals surface area contributed by atoms with E-state index >= 15 is 0 Å². The van der Waals surface area contributed by atoms with Crippen molar-refractivity contribution >= 4 is 40.1 Å². The van der Waals surface area contributed by atoms with Gasteiger partial charge in [0.1, 0.15) is 11.3 Å². The Hall–Kier alpha value is -2.99. The lowest BCUT2D eigenvalue weighted by molar-refractivity contribution is -0.119. The number of ether oxygens (including phenoxy) is 2. The first-order valence-electron chi connectivity index (χ1n) is 8.19. The number of carbonyl (C=O) groups is 2. The van der Waals surface area contributed by atoms with E-state index in [1.165, 1.54) is 0 Å². The van der Waals surface area contributed by atoms with Gasteiger partial charge < -0.3 is 19.2 Å². The van der Waals surface area contributed by atoms with Gasteiger partial charge in [-0.15, -0.1) is 0 Å². The summed E-state index contributed by atoms with van der Waals surface area (Å²) >= 11 is 6.02. The Kier molecular flexibility index (Phi) is 5.37. The number of fused-ring (bicyclic) bond motifs is 1. The minimum Gasteiger partial charge on any atom is -0.497 e. The van der Waals surface area contributed by atoms with Gasteiger partial charge in [0.25, 0.3) is 5.91 Å². The van der Waals surface area contributed by atoms with Crippen molar-refractivity contribution in [1.29, 1.82) is 0 Å².